The third-order valence-electron chi connectivity index (χ3n) is 4.92. The van der Waals surface area contributed by atoms with Crippen LogP contribution in [0.5, 0.6) is 0 Å². The van der Waals surface area contributed by atoms with Crippen molar-refractivity contribution in [3.05, 3.63) is 40.1 Å². The van der Waals surface area contributed by atoms with Gasteiger partial charge in [-0.15, -0.1) is 0 Å². The molecule has 0 fully saturated rings. The minimum Gasteiger partial charge on any atom is -0.283 e. The lowest BCUT2D eigenvalue weighted by Gasteiger charge is -2.21. The second kappa shape index (κ2) is 65.4. The van der Waals surface area contributed by atoms with E-state index in [0.717, 1.165) is 27.2 Å². The molecule has 0 aliphatic rings. The summed E-state index contributed by atoms with van der Waals surface area (Å²) in [6.07, 6.45) is 0. The van der Waals surface area contributed by atoms with Gasteiger partial charge in [-0.3, -0.25) is 4.40 Å². The van der Waals surface area contributed by atoms with Crippen molar-refractivity contribution in [1.82, 2.24) is 14.4 Å². The predicted octanol–water partition coefficient (Wildman–Crippen LogP) is 4.25. The number of fused-ring (bicyclic) bond motifs is 3. The molecule has 3 aromatic rings. The van der Waals surface area contributed by atoms with Gasteiger partial charge in [0.25, 0.3) is 0 Å². The van der Waals surface area contributed by atoms with Gasteiger partial charge in [0.15, 0.2) is 0 Å². The Bertz CT molecular complexity index is 5340. The molecule has 64 heteroatoms. The zero-order valence-electron chi connectivity index (χ0n) is 35.9. The fraction of sp³-hybridized carbons (Fsp3) is 0.333. The minimum atomic E-state index is -0.281. The summed E-state index contributed by atoms with van der Waals surface area (Å²) < 4.78 is 16.3. The molecular weight excluding hydrogens is 2210 g/mol. The van der Waals surface area contributed by atoms with E-state index in [-0.39, 0.29) is 11.2 Å². The average molecular weight is 2230 g/mol. The summed E-state index contributed by atoms with van der Waals surface area (Å²) in [4.78, 5) is 9.23. The van der Waals surface area contributed by atoms with E-state index in [4.69, 9.17) is 22.4 Å². The molecule has 2 aromatic heterocycles. The van der Waals surface area contributed by atoms with Crippen molar-refractivity contribution in [2.24, 2.45) is 0 Å². The molecule has 0 atom stereocenters. The van der Waals surface area contributed by atoms with Gasteiger partial charge >= 0.3 is 0 Å². The van der Waals surface area contributed by atoms with Gasteiger partial charge in [-0.25, -0.2) is 14.4 Å². The number of nitrogens with zero attached hydrogens (tertiary/aromatic N) is 3. The summed E-state index contributed by atoms with van der Waals surface area (Å²) >= 11 is 13.1. The van der Waals surface area contributed by atoms with Gasteiger partial charge in [-0.2, -0.15) is 0 Å². The van der Waals surface area contributed by atoms with E-state index < -0.39 is 0 Å². The van der Waals surface area contributed by atoms with Crippen LogP contribution >= 0.6 is 15.9 Å². The van der Waals surface area contributed by atoms with Crippen LogP contribution in [-0.4, -0.2) is 14.4 Å². The molecule has 0 unspecified atom stereocenters. The Morgan fingerprint density at radius 1 is 0.367 bits per heavy atom. The lowest BCUT2D eigenvalue weighted by Crippen LogP contribution is -2.19. The van der Waals surface area contributed by atoms with Crippen molar-refractivity contribution in [3.8, 4) is 0 Å². The molecule has 0 amide bonds. The first kappa shape index (κ1) is 86.6. The molecule has 3 nitrogen and oxygen atoms in total. The van der Waals surface area contributed by atoms with Crippen molar-refractivity contribution in [2.75, 3.05) is 0 Å². The number of benzene rings is 1. The molecule has 0 aliphatic heterocycles. The van der Waals surface area contributed by atoms with Crippen molar-refractivity contribution < 1.29 is 4.39 Å². The molecule has 1 aromatic carbocycles. The SMILES string of the molecule is Cc1c(Br)nc2c3ccc(F)cc3nc(C(C)(C)C)n12.S=S=S=S=S=S=S=S=S=S=S=S=S=S=S=S=S=S=S=S=S=S=S=S=S=S=S=S=S=S=S=S=S=S=S=S=S=S=S=S=S=S=S=S=S=S=S=S=S=S=S=S=S=S=S=S=S=S=S. The van der Waals surface area contributed by atoms with Gasteiger partial charge < -0.3 is 0 Å². The number of imidazole rings is 1. The first-order valence-electron chi connectivity index (χ1n) is 16.1. The van der Waals surface area contributed by atoms with Gasteiger partial charge in [0.1, 0.15) is 21.9 Å². The molecule has 0 bridgehead atoms. The quantitative estimate of drug-likeness (QED) is 0.338. The van der Waals surface area contributed by atoms with Crippen molar-refractivity contribution >= 4 is 561 Å². The standard InChI is InChI=1S/C15H15BrFN3.S59/c1-8-12(16)19-13-10-6-5-9(17)7-11(10)18-14(20(8)13)15(2,3)4;1-3-5-7-9-11-13-15-17-19-21-23-25-27-29-31-33-35-37-39-41-43-45-47-49-51-53-55-57-59-58-56-54-52-50-48-46-44-42-40-38-36-34-32-30-28-26-24-22-20-18-16-14-12-10-8-6-4-2/h5-7H,1-4H3;. The van der Waals surface area contributed by atoms with E-state index in [0.29, 0.717) is 5.52 Å². The average Bonchev–Trinajstić information content (AvgIpc) is 4.05. The van der Waals surface area contributed by atoms with Gasteiger partial charge in [0.2, 0.25) is 0 Å². The highest BCUT2D eigenvalue weighted by atomic mass is 79.9. The van der Waals surface area contributed by atoms with Crippen LogP contribution in [0.3, 0.4) is 0 Å². The first-order valence-corrected chi connectivity index (χ1v) is 94.2. The summed E-state index contributed by atoms with van der Waals surface area (Å²) in [5.74, 6) is 0.595. The molecule has 0 saturated heterocycles. The summed E-state index contributed by atoms with van der Waals surface area (Å²) in [5.41, 5.74) is 2.29. The Kier molecular flexibility index (Phi) is 71.7. The number of aromatic nitrogens is 3. The predicted molar refractivity (Wildman–Crippen MR) is 516 cm³/mol. The molecule has 2 heterocycles. The summed E-state index contributed by atoms with van der Waals surface area (Å²) in [7, 11) is 102. The maximum Gasteiger partial charge on any atom is 0.149 e. The molecule has 458 valence electrons. The molecule has 0 radical (unpaired) electrons. The van der Waals surface area contributed by atoms with E-state index in [9.17, 15) is 4.39 Å². The fourth-order valence-corrected chi connectivity index (χ4v) is 154. The van der Waals surface area contributed by atoms with Crippen molar-refractivity contribution in [1.29, 1.82) is 0 Å². The zero-order valence-corrected chi connectivity index (χ0v) is 85.7. The van der Waals surface area contributed by atoms with Crippen LogP contribution in [0.15, 0.2) is 22.8 Å². The molecule has 0 spiro atoms. The molecule has 0 N–H and O–H groups in total. The maximum atomic E-state index is 13.5. The first-order chi connectivity index (χ1) is 38.7. The molecule has 79 heavy (non-hydrogen) atoms. The lowest BCUT2D eigenvalue weighted by atomic mass is 9.95. The summed E-state index contributed by atoms with van der Waals surface area (Å²) in [6.45, 7) is 8.27. The molecule has 0 saturated carbocycles. The Morgan fingerprint density at radius 2 is 0.582 bits per heavy atom. The Morgan fingerprint density at radius 3 is 0.785 bits per heavy atom. The normalized spacial score (nSPS) is 8.99. The minimum absolute atomic E-state index is 0.163. The van der Waals surface area contributed by atoms with Gasteiger partial charge in [0.05, 0.1) is 11.2 Å². The van der Waals surface area contributed by atoms with Crippen LogP contribution in [0.4, 0.5) is 4.39 Å². The van der Waals surface area contributed by atoms with Crippen LogP contribution in [0.2, 0.25) is 0 Å². The lowest BCUT2D eigenvalue weighted by molar-refractivity contribution is 0.537. The Balaban J connectivity index is 0.000000873. The highest BCUT2D eigenvalue weighted by Crippen LogP contribution is 2.30. The molecular formula is C15H15BrFN3S59. The van der Waals surface area contributed by atoms with E-state index in [1.807, 2.05) is 393 Å². The van der Waals surface area contributed by atoms with E-state index in [1.165, 1.54) is 29.9 Å². The van der Waals surface area contributed by atoms with Gasteiger partial charge in [0, 0.05) is 545 Å². The number of rotatable bonds is 0. The highest BCUT2D eigenvalue weighted by Gasteiger charge is 2.23. The van der Waals surface area contributed by atoms with Crippen molar-refractivity contribution in [2.45, 2.75) is 33.1 Å². The number of hydrogen-bond donors (Lipinski definition) is 0. The Hall–Kier alpha value is 11.5. The second-order valence-corrected chi connectivity index (χ2v) is 111. The maximum absolute atomic E-state index is 13.5. The third-order valence-corrected chi connectivity index (χ3v) is 130. The van der Waals surface area contributed by atoms with E-state index in [1.54, 1.807) is 113 Å². The van der Waals surface area contributed by atoms with Gasteiger partial charge in [-0.05, 0) is 35.0 Å². The zero-order chi connectivity index (χ0) is 57.0. The monoisotopic (exact) mass is 2220 g/mol. The summed E-state index contributed by atoms with van der Waals surface area (Å²) in [5, 5.41) is 0.855. The van der Waals surface area contributed by atoms with Crippen LogP contribution in [0, 0.1) is 12.7 Å². The van der Waals surface area contributed by atoms with Crippen molar-refractivity contribution in [3.63, 3.8) is 0 Å². The summed E-state index contributed by atoms with van der Waals surface area (Å²) in [6, 6.07) is 4.64. The van der Waals surface area contributed by atoms with Crippen LogP contribution in [0.1, 0.15) is 32.3 Å². The van der Waals surface area contributed by atoms with Gasteiger partial charge in [-0.1, -0.05) is 20.8 Å². The number of aryl methyl sites for hydroxylation is 1. The van der Waals surface area contributed by atoms with E-state index in [2.05, 4.69) is 46.7 Å². The number of hydrogen-bond acceptors (Lipinski definition) is 4. The largest absolute Gasteiger partial charge is 0.283 e. The Labute approximate surface area is 635 Å². The topological polar surface area (TPSA) is 30.2 Å². The third kappa shape index (κ3) is 52.3. The van der Waals surface area contributed by atoms with Crippen LogP contribution in [-0.2, 0) is 534 Å². The highest BCUT2D eigenvalue weighted by molar-refractivity contribution is 9.10. The molecule has 0 aliphatic carbocycles. The molecule has 3 rings (SSSR count). The van der Waals surface area contributed by atoms with Crippen LogP contribution < -0.4 is 0 Å². The smallest absolute Gasteiger partial charge is 0.149 e. The van der Waals surface area contributed by atoms with E-state index >= 15 is 0 Å². The second-order valence-electron chi connectivity index (χ2n) is 9.87. The van der Waals surface area contributed by atoms with Crippen LogP contribution in [0.25, 0.3) is 16.6 Å². The number of halogens is 2. The fourth-order valence-electron chi connectivity index (χ4n) is 2.99.